The van der Waals surface area contributed by atoms with Crippen molar-refractivity contribution in [3.05, 3.63) is 12.5 Å². The van der Waals surface area contributed by atoms with Crippen molar-refractivity contribution < 1.29 is 8.42 Å². The van der Waals surface area contributed by atoms with E-state index in [4.69, 9.17) is 5.73 Å². The number of sulfonamides is 1. The van der Waals surface area contributed by atoms with Crippen LogP contribution in [-0.4, -0.2) is 41.4 Å². The maximum atomic E-state index is 12.7. The predicted octanol–water partition coefficient (Wildman–Crippen LogP) is 1.32. The average Bonchev–Trinajstić information content (AvgIpc) is 3.06. The molecule has 1 aliphatic heterocycles. The van der Waals surface area contributed by atoms with Crippen LogP contribution in [0.4, 0.5) is 0 Å². The van der Waals surface area contributed by atoms with Gasteiger partial charge in [-0.2, -0.15) is 4.31 Å². The van der Waals surface area contributed by atoms with Gasteiger partial charge in [-0.25, -0.2) is 13.4 Å². The summed E-state index contributed by atoms with van der Waals surface area (Å²) in [6.45, 7) is 6.11. The van der Waals surface area contributed by atoms with E-state index in [1.807, 2.05) is 4.57 Å². The Morgan fingerprint density at radius 3 is 2.73 bits per heavy atom. The largest absolute Gasteiger partial charge is 0.336 e. The highest BCUT2D eigenvalue weighted by Crippen LogP contribution is 2.39. The van der Waals surface area contributed by atoms with Crippen LogP contribution in [0.25, 0.3) is 0 Å². The van der Waals surface area contributed by atoms with Crippen molar-refractivity contribution in [2.75, 3.05) is 13.1 Å². The second-order valence-corrected chi connectivity index (χ2v) is 8.67. The predicted molar refractivity (Wildman–Crippen MR) is 87.3 cm³/mol. The molecule has 2 heterocycles. The molecule has 0 bridgehead atoms. The van der Waals surface area contributed by atoms with Gasteiger partial charge in [-0.15, -0.1) is 12.4 Å². The number of nitrogens with zero attached hydrogens (tertiary/aromatic N) is 3. The number of fused-ring (bicyclic) bond motifs is 1. The van der Waals surface area contributed by atoms with Crippen molar-refractivity contribution in [3.63, 3.8) is 0 Å². The Bertz CT molecular complexity index is 616. The third kappa shape index (κ3) is 3.18. The van der Waals surface area contributed by atoms with E-state index in [1.165, 1.54) is 0 Å². The fourth-order valence-corrected chi connectivity index (χ4v) is 5.06. The summed E-state index contributed by atoms with van der Waals surface area (Å²) in [6, 6.07) is 0.147. The van der Waals surface area contributed by atoms with Gasteiger partial charge in [0.2, 0.25) is 0 Å². The Labute approximate surface area is 138 Å². The summed E-state index contributed by atoms with van der Waals surface area (Å²) in [5.74, 6) is 1.20. The molecule has 2 aliphatic rings. The van der Waals surface area contributed by atoms with Crippen LogP contribution >= 0.6 is 12.4 Å². The van der Waals surface area contributed by atoms with E-state index in [9.17, 15) is 8.42 Å². The molecule has 1 aromatic heterocycles. The van der Waals surface area contributed by atoms with Gasteiger partial charge in [0, 0.05) is 31.9 Å². The van der Waals surface area contributed by atoms with E-state index >= 15 is 0 Å². The molecular weight excluding hydrogens is 324 g/mol. The summed E-state index contributed by atoms with van der Waals surface area (Å²) >= 11 is 0. The van der Waals surface area contributed by atoms with Crippen LogP contribution in [0, 0.1) is 17.8 Å². The highest BCUT2D eigenvalue weighted by Gasteiger charge is 2.45. The number of hydrogen-bond acceptors (Lipinski definition) is 4. The molecule has 2 fully saturated rings. The van der Waals surface area contributed by atoms with Crippen LogP contribution < -0.4 is 5.73 Å². The molecule has 0 amide bonds. The minimum Gasteiger partial charge on any atom is -0.336 e. The van der Waals surface area contributed by atoms with E-state index in [-0.39, 0.29) is 23.5 Å². The van der Waals surface area contributed by atoms with Crippen LogP contribution in [0.3, 0.4) is 0 Å². The standard InChI is InChI=1S/C14H24N4O2S.ClH/c1-10(2)5-17-8-14(16-9-17)21(19,20)18-6-11-3-4-13(15)12(11)7-18;/h8-13H,3-7,15H2,1-2H3;1H. The molecule has 0 radical (unpaired) electrons. The first-order valence-corrected chi connectivity index (χ1v) is 9.09. The fraction of sp³-hybridized carbons (Fsp3) is 0.786. The maximum absolute atomic E-state index is 12.7. The Kier molecular flexibility index (Phi) is 5.21. The Hall–Kier alpha value is -0.630. The third-order valence-electron chi connectivity index (χ3n) is 4.67. The van der Waals surface area contributed by atoms with E-state index in [0.717, 1.165) is 19.4 Å². The summed E-state index contributed by atoms with van der Waals surface area (Å²) in [5.41, 5.74) is 6.08. The highest BCUT2D eigenvalue weighted by atomic mass is 35.5. The maximum Gasteiger partial charge on any atom is 0.262 e. The van der Waals surface area contributed by atoms with Crippen molar-refractivity contribution in [1.29, 1.82) is 0 Å². The van der Waals surface area contributed by atoms with Gasteiger partial charge < -0.3 is 10.3 Å². The quantitative estimate of drug-likeness (QED) is 0.889. The van der Waals surface area contributed by atoms with Crippen LogP contribution in [0.15, 0.2) is 17.6 Å². The molecule has 1 aromatic rings. The zero-order valence-electron chi connectivity index (χ0n) is 13.1. The van der Waals surface area contributed by atoms with Gasteiger partial charge in [-0.1, -0.05) is 13.8 Å². The topological polar surface area (TPSA) is 81.2 Å². The van der Waals surface area contributed by atoms with Crippen LogP contribution in [0.1, 0.15) is 26.7 Å². The first-order chi connectivity index (χ1) is 9.88. The minimum absolute atomic E-state index is 0. The average molecular weight is 349 g/mol. The number of rotatable bonds is 4. The molecule has 1 aliphatic carbocycles. The zero-order chi connectivity index (χ0) is 15.2. The number of halogens is 1. The van der Waals surface area contributed by atoms with Gasteiger partial charge in [0.1, 0.15) is 0 Å². The van der Waals surface area contributed by atoms with E-state index in [1.54, 1.807) is 16.8 Å². The number of imidazole rings is 1. The van der Waals surface area contributed by atoms with E-state index < -0.39 is 10.0 Å². The molecule has 3 rings (SSSR count). The zero-order valence-corrected chi connectivity index (χ0v) is 14.7. The van der Waals surface area contributed by atoms with Gasteiger partial charge in [0.05, 0.1) is 6.33 Å². The number of aromatic nitrogens is 2. The lowest BCUT2D eigenvalue weighted by atomic mass is 9.98. The van der Waals surface area contributed by atoms with Crippen molar-refractivity contribution in [2.45, 2.75) is 44.3 Å². The molecule has 126 valence electrons. The van der Waals surface area contributed by atoms with Crippen LogP contribution in [-0.2, 0) is 16.6 Å². The Morgan fingerprint density at radius 2 is 2.09 bits per heavy atom. The molecule has 3 unspecified atom stereocenters. The van der Waals surface area contributed by atoms with E-state index in [2.05, 4.69) is 18.8 Å². The number of nitrogens with two attached hydrogens (primary N) is 1. The lowest BCUT2D eigenvalue weighted by Crippen LogP contribution is -2.33. The lowest BCUT2D eigenvalue weighted by molar-refractivity contribution is 0.425. The molecule has 2 N–H and O–H groups in total. The second kappa shape index (κ2) is 6.47. The monoisotopic (exact) mass is 348 g/mol. The lowest BCUT2D eigenvalue weighted by Gasteiger charge is -2.17. The summed E-state index contributed by atoms with van der Waals surface area (Å²) in [7, 11) is -3.47. The Morgan fingerprint density at radius 1 is 1.36 bits per heavy atom. The van der Waals surface area contributed by atoms with Crippen LogP contribution in [0.5, 0.6) is 0 Å². The summed E-state index contributed by atoms with van der Waals surface area (Å²) in [5, 5.41) is 0.164. The molecule has 22 heavy (non-hydrogen) atoms. The molecule has 1 saturated heterocycles. The van der Waals surface area contributed by atoms with Crippen molar-refractivity contribution >= 4 is 22.4 Å². The van der Waals surface area contributed by atoms with Crippen molar-refractivity contribution in [1.82, 2.24) is 13.9 Å². The van der Waals surface area contributed by atoms with Gasteiger partial charge in [-0.3, -0.25) is 0 Å². The molecule has 1 saturated carbocycles. The molecule has 3 atom stereocenters. The molecule has 0 spiro atoms. The van der Waals surface area contributed by atoms with E-state index in [0.29, 0.717) is 30.8 Å². The van der Waals surface area contributed by atoms with Gasteiger partial charge >= 0.3 is 0 Å². The SMILES string of the molecule is CC(C)Cn1cnc(S(=O)(=O)N2CC3CCC(N)C3C2)c1.Cl. The first-order valence-electron chi connectivity index (χ1n) is 7.65. The molecular formula is C14H25ClN4O2S. The summed E-state index contributed by atoms with van der Waals surface area (Å²) < 4.78 is 28.8. The third-order valence-corrected chi connectivity index (χ3v) is 6.39. The van der Waals surface area contributed by atoms with Crippen molar-refractivity contribution in [2.24, 2.45) is 23.5 Å². The van der Waals surface area contributed by atoms with Crippen LogP contribution in [0.2, 0.25) is 0 Å². The first kappa shape index (κ1) is 17.7. The summed E-state index contributed by atoms with van der Waals surface area (Å²) in [6.07, 6.45) is 5.31. The molecule has 8 heteroatoms. The van der Waals surface area contributed by atoms with Crippen molar-refractivity contribution in [3.8, 4) is 0 Å². The summed E-state index contributed by atoms with van der Waals surface area (Å²) in [4.78, 5) is 4.10. The Balaban J connectivity index is 0.00000176. The fourth-order valence-electron chi connectivity index (χ4n) is 3.59. The van der Waals surface area contributed by atoms with Gasteiger partial charge in [-0.05, 0) is 30.6 Å². The minimum atomic E-state index is -3.47. The smallest absolute Gasteiger partial charge is 0.262 e. The van der Waals surface area contributed by atoms with Gasteiger partial charge in [0.25, 0.3) is 10.0 Å². The second-order valence-electron chi connectivity index (χ2n) is 6.79. The normalized spacial score (nSPS) is 28.8. The number of hydrogen-bond donors (Lipinski definition) is 1. The molecule has 6 nitrogen and oxygen atoms in total. The highest BCUT2D eigenvalue weighted by molar-refractivity contribution is 7.89. The van der Waals surface area contributed by atoms with Gasteiger partial charge in [0.15, 0.2) is 5.03 Å². The molecule has 0 aromatic carbocycles.